The average Bonchev–Trinajstić information content (AvgIpc) is 2.34. The van der Waals surface area contributed by atoms with Crippen LogP contribution in [0.15, 0.2) is 18.3 Å². The third-order valence-electron chi connectivity index (χ3n) is 2.64. The molecule has 0 bridgehead atoms. The molecule has 0 aliphatic carbocycles. The molecule has 19 heavy (non-hydrogen) atoms. The third kappa shape index (κ3) is 3.94. The van der Waals surface area contributed by atoms with Crippen LogP contribution in [-0.2, 0) is 4.79 Å². The van der Waals surface area contributed by atoms with Crippen molar-refractivity contribution in [3.63, 3.8) is 0 Å². The first-order chi connectivity index (χ1) is 8.82. The molecule has 0 aliphatic heterocycles. The fraction of sp³-hybridized carbons (Fsp3) is 0.462. The lowest BCUT2D eigenvalue weighted by Crippen LogP contribution is -2.34. The number of carbonyl (C=O) groups is 2. The van der Waals surface area contributed by atoms with E-state index in [1.165, 1.54) is 11.1 Å². The van der Waals surface area contributed by atoms with Crippen molar-refractivity contribution in [2.45, 2.75) is 19.9 Å². The minimum atomic E-state index is -0.924. The minimum Gasteiger partial charge on any atom is -0.480 e. The van der Waals surface area contributed by atoms with Crippen LogP contribution in [0.4, 0.5) is 5.69 Å². The summed E-state index contributed by atoms with van der Waals surface area (Å²) in [5.74, 6) is -1.22. The lowest BCUT2D eigenvalue weighted by molar-refractivity contribution is -0.138. The minimum absolute atomic E-state index is 0.0707. The van der Waals surface area contributed by atoms with E-state index in [1.54, 1.807) is 26.2 Å². The van der Waals surface area contributed by atoms with Gasteiger partial charge in [-0.15, -0.1) is 0 Å². The summed E-state index contributed by atoms with van der Waals surface area (Å²) in [4.78, 5) is 28.3. The number of nitrogens with zero attached hydrogens (tertiary/aromatic N) is 2. The number of hydrogen-bond acceptors (Lipinski definition) is 4. The maximum atomic E-state index is 11.8. The van der Waals surface area contributed by atoms with E-state index < -0.39 is 12.0 Å². The molecule has 104 valence electrons. The Kier molecular flexibility index (Phi) is 4.86. The summed E-state index contributed by atoms with van der Waals surface area (Å²) >= 11 is 0. The average molecular weight is 265 g/mol. The lowest BCUT2D eigenvalue weighted by Gasteiger charge is -2.19. The summed E-state index contributed by atoms with van der Waals surface area (Å²) in [6.45, 7) is 3.64. The summed E-state index contributed by atoms with van der Waals surface area (Å²) in [6.07, 6.45) is 1.48. The van der Waals surface area contributed by atoms with Gasteiger partial charge in [0.15, 0.2) is 0 Å². The zero-order valence-electron chi connectivity index (χ0n) is 11.5. The van der Waals surface area contributed by atoms with Crippen molar-refractivity contribution < 1.29 is 14.7 Å². The van der Waals surface area contributed by atoms with Crippen molar-refractivity contribution >= 4 is 17.6 Å². The Balaban J connectivity index is 2.93. The lowest BCUT2D eigenvalue weighted by atomic mass is 10.0. The quantitative estimate of drug-likeness (QED) is 0.838. The van der Waals surface area contributed by atoms with Gasteiger partial charge in [0.1, 0.15) is 11.7 Å². The van der Waals surface area contributed by atoms with Gasteiger partial charge >= 0.3 is 5.97 Å². The molecule has 0 saturated carbocycles. The van der Waals surface area contributed by atoms with Crippen molar-refractivity contribution in [1.29, 1.82) is 0 Å². The van der Waals surface area contributed by atoms with Crippen molar-refractivity contribution in [3.8, 4) is 0 Å². The molecular weight excluding hydrogens is 246 g/mol. The molecule has 1 atom stereocenters. The van der Waals surface area contributed by atoms with E-state index in [2.05, 4.69) is 10.3 Å². The number of aliphatic carboxylic acids is 1. The maximum absolute atomic E-state index is 11.8. The molecule has 0 fully saturated rings. The molecule has 6 heteroatoms. The van der Waals surface area contributed by atoms with E-state index in [-0.39, 0.29) is 17.5 Å². The van der Waals surface area contributed by atoms with Crippen molar-refractivity contribution in [2.75, 3.05) is 19.4 Å². The van der Waals surface area contributed by atoms with Gasteiger partial charge in [-0.2, -0.15) is 0 Å². The molecule has 0 radical (unpaired) electrons. The fourth-order valence-electron chi connectivity index (χ4n) is 1.56. The third-order valence-corrected chi connectivity index (χ3v) is 2.64. The van der Waals surface area contributed by atoms with Crippen LogP contribution in [0.1, 0.15) is 24.3 Å². The number of hydrogen-bond donors (Lipinski definition) is 2. The smallest absolute Gasteiger partial charge is 0.326 e. The predicted octanol–water partition coefficient (Wildman–Crippen LogP) is 1.30. The van der Waals surface area contributed by atoms with Crippen molar-refractivity contribution in [1.82, 2.24) is 9.88 Å². The second-order valence-corrected chi connectivity index (χ2v) is 4.83. The van der Waals surface area contributed by atoms with Gasteiger partial charge in [-0.3, -0.25) is 9.78 Å². The Morgan fingerprint density at radius 3 is 2.47 bits per heavy atom. The van der Waals surface area contributed by atoms with Crippen LogP contribution < -0.4 is 5.32 Å². The Bertz CT molecular complexity index is 472. The van der Waals surface area contributed by atoms with Gasteiger partial charge in [-0.1, -0.05) is 13.8 Å². The van der Waals surface area contributed by atoms with Crippen LogP contribution >= 0.6 is 0 Å². The van der Waals surface area contributed by atoms with Crippen LogP contribution in [0.25, 0.3) is 0 Å². The molecule has 1 amide bonds. The molecular formula is C13H19N3O3. The number of anilines is 1. The Hall–Kier alpha value is -2.11. The Morgan fingerprint density at radius 1 is 1.37 bits per heavy atom. The van der Waals surface area contributed by atoms with Gasteiger partial charge in [0.05, 0.1) is 0 Å². The molecule has 1 aromatic heterocycles. The van der Waals surface area contributed by atoms with Gasteiger partial charge < -0.3 is 15.3 Å². The summed E-state index contributed by atoms with van der Waals surface area (Å²) in [5.41, 5.74) is 0.851. The Labute approximate surface area is 112 Å². The molecule has 0 aromatic carbocycles. The van der Waals surface area contributed by atoms with Crippen molar-refractivity contribution in [3.05, 3.63) is 24.0 Å². The molecule has 1 aromatic rings. The number of carboxylic acid groups (broad SMARTS) is 1. The normalized spacial score (nSPS) is 12.1. The van der Waals surface area contributed by atoms with Gasteiger partial charge in [0.2, 0.25) is 0 Å². The molecule has 2 N–H and O–H groups in total. The van der Waals surface area contributed by atoms with Crippen LogP contribution in [-0.4, -0.2) is 47.0 Å². The second kappa shape index (κ2) is 6.17. The number of carbonyl (C=O) groups excluding carboxylic acids is 1. The van der Waals surface area contributed by atoms with E-state index in [1.807, 2.05) is 13.8 Å². The highest BCUT2D eigenvalue weighted by atomic mass is 16.4. The summed E-state index contributed by atoms with van der Waals surface area (Å²) in [5, 5.41) is 12.0. The summed E-state index contributed by atoms with van der Waals surface area (Å²) < 4.78 is 0. The zero-order chi connectivity index (χ0) is 14.6. The summed E-state index contributed by atoms with van der Waals surface area (Å²) in [7, 11) is 3.27. The predicted molar refractivity (Wildman–Crippen MR) is 72.1 cm³/mol. The fourth-order valence-corrected chi connectivity index (χ4v) is 1.56. The van der Waals surface area contributed by atoms with Crippen molar-refractivity contribution in [2.24, 2.45) is 5.92 Å². The molecule has 1 unspecified atom stereocenters. The topological polar surface area (TPSA) is 82.5 Å². The maximum Gasteiger partial charge on any atom is 0.326 e. The molecule has 1 heterocycles. The van der Waals surface area contributed by atoms with Gasteiger partial charge in [0.25, 0.3) is 5.91 Å². The van der Waals surface area contributed by atoms with E-state index in [0.29, 0.717) is 5.69 Å². The highest BCUT2D eigenvalue weighted by molar-refractivity contribution is 5.92. The number of carboxylic acids is 1. The SMILES string of the molecule is CC(C)C(Nc1ccnc(C(=O)N(C)C)c1)C(=O)O. The van der Waals surface area contributed by atoms with Crippen LogP contribution in [0, 0.1) is 5.92 Å². The first kappa shape index (κ1) is 14.9. The van der Waals surface area contributed by atoms with Gasteiger partial charge in [-0.25, -0.2) is 4.79 Å². The molecule has 0 aliphatic rings. The Morgan fingerprint density at radius 2 is 2.00 bits per heavy atom. The van der Waals surface area contributed by atoms with E-state index in [4.69, 9.17) is 5.11 Å². The molecule has 0 spiro atoms. The first-order valence-corrected chi connectivity index (χ1v) is 6.00. The first-order valence-electron chi connectivity index (χ1n) is 6.00. The van der Waals surface area contributed by atoms with E-state index in [9.17, 15) is 9.59 Å². The molecule has 1 rings (SSSR count). The van der Waals surface area contributed by atoms with E-state index in [0.717, 1.165) is 0 Å². The van der Waals surface area contributed by atoms with Crippen LogP contribution in [0.5, 0.6) is 0 Å². The highest BCUT2D eigenvalue weighted by Crippen LogP contribution is 2.14. The van der Waals surface area contributed by atoms with Crippen LogP contribution in [0.3, 0.4) is 0 Å². The number of aromatic nitrogens is 1. The number of pyridine rings is 1. The van der Waals surface area contributed by atoms with E-state index >= 15 is 0 Å². The largest absolute Gasteiger partial charge is 0.480 e. The monoisotopic (exact) mass is 265 g/mol. The highest BCUT2D eigenvalue weighted by Gasteiger charge is 2.21. The number of nitrogens with one attached hydrogen (secondary N) is 1. The second-order valence-electron chi connectivity index (χ2n) is 4.83. The molecule has 6 nitrogen and oxygen atoms in total. The zero-order valence-corrected chi connectivity index (χ0v) is 11.5. The number of rotatable bonds is 5. The van der Waals surface area contributed by atoms with Crippen LogP contribution in [0.2, 0.25) is 0 Å². The standard InChI is InChI=1S/C13H19N3O3/c1-8(2)11(13(18)19)15-9-5-6-14-10(7-9)12(17)16(3)4/h5-8,11H,1-4H3,(H,14,15)(H,18,19). The van der Waals surface area contributed by atoms with Gasteiger partial charge in [0, 0.05) is 26.0 Å². The molecule has 0 saturated heterocycles. The summed E-state index contributed by atoms with van der Waals surface area (Å²) in [6, 6.07) is 2.50. The number of amides is 1. The van der Waals surface area contributed by atoms with Gasteiger partial charge in [-0.05, 0) is 18.1 Å².